The number of carbonyl (C=O) groups excluding carboxylic acids is 2. The number of nitrogens with one attached hydrogen (secondary N) is 1. The van der Waals surface area contributed by atoms with Gasteiger partial charge in [-0.3, -0.25) is 14.2 Å². The van der Waals surface area contributed by atoms with Crippen molar-refractivity contribution in [1.82, 2.24) is 5.32 Å². The van der Waals surface area contributed by atoms with Crippen LogP contribution in [0.1, 0.15) is 367 Å². The van der Waals surface area contributed by atoms with E-state index in [1.54, 1.807) is 0 Å². The van der Waals surface area contributed by atoms with E-state index in [1.165, 1.54) is 244 Å². The summed E-state index contributed by atoms with van der Waals surface area (Å²) in [6.07, 6.45) is 86.3. The summed E-state index contributed by atoms with van der Waals surface area (Å²) in [6.45, 7) is 6.87. The number of ether oxygens (including phenoxy) is 1. The molecule has 510 valence electrons. The molecular weight excluding hydrogens is 1100 g/mol. The quantitative estimate of drug-likeness (QED) is 0.0212. The Morgan fingerprint density at radius 3 is 1.07 bits per heavy atom. The molecule has 0 radical (unpaired) electrons. The molecule has 3 atom stereocenters. The minimum Gasteiger partial charge on any atom is -0.756 e. The zero-order valence-corrected chi connectivity index (χ0v) is 59.4. The van der Waals surface area contributed by atoms with E-state index in [-0.39, 0.29) is 31.5 Å². The van der Waals surface area contributed by atoms with Gasteiger partial charge in [-0.1, -0.05) is 339 Å². The first-order valence-electron chi connectivity index (χ1n) is 37.6. The van der Waals surface area contributed by atoms with E-state index in [1.807, 2.05) is 33.3 Å². The Hall–Kier alpha value is -2.29. The molecule has 0 rings (SSSR count). The van der Waals surface area contributed by atoms with Crippen molar-refractivity contribution in [3.05, 3.63) is 60.8 Å². The number of amides is 1. The highest BCUT2D eigenvalue weighted by Gasteiger charge is 2.27. The second-order valence-electron chi connectivity index (χ2n) is 26.8. The van der Waals surface area contributed by atoms with E-state index in [0.717, 1.165) is 89.9 Å². The molecule has 0 aliphatic carbocycles. The molecule has 9 nitrogen and oxygen atoms in total. The van der Waals surface area contributed by atoms with Crippen molar-refractivity contribution in [2.24, 2.45) is 0 Å². The Labute approximate surface area is 541 Å². The molecule has 87 heavy (non-hydrogen) atoms. The molecule has 1 N–H and O–H groups in total. The molecule has 10 heteroatoms. The van der Waals surface area contributed by atoms with Crippen LogP contribution in [0.25, 0.3) is 0 Å². The molecule has 0 aromatic rings. The van der Waals surface area contributed by atoms with E-state index in [4.69, 9.17) is 13.8 Å². The van der Waals surface area contributed by atoms with Gasteiger partial charge in [0.2, 0.25) is 5.91 Å². The predicted molar refractivity (Wildman–Crippen MR) is 376 cm³/mol. The molecule has 0 bridgehead atoms. The van der Waals surface area contributed by atoms with E-state index >= 15 is 0 Å². The van der Waals surface area contributed by atoms with Crippen LogP contribution >= 0.6 is 7.82 Å². The second-order valence-corrected chi connectivity index (χ2v) is 28.2. The summed E-state index contributed by atoms with van der Waals surface area (Å²) in [5.74, 6) is -0.536. The Bertz CT molecular complexity index is 1670. The predicted octanol–water partition coefficient (Wildman–Crippen LogP) is 23.5. The van der Waals surface area contributed by atoms with Gasteiger partial charge in [-0.2, -0.15) is 0 Å². The number of phosphoric ester groups is 1. The molecule has 3 unspecified atom stereocenters. The summed E-state index contributed by atoms with van der Waals surface area (Å²) in [4.78, 5) is 40.3. The Morgan fingerprint density at radius 2 is 0.701 bits per heavy atom. The summed E-state index contributed by atoms with van der Waals surface area (Å²) < 4.78 is 30.5. The third kappa shape index (κ3) is 67.9. The summed E-state index contributed by atoms with van der Waals surface area (Å²) >= 11 is 0. The van der Waals surface area contributed by atoms with E-state index in [2.05, 4.69) is 74.7 Å². The molecule has 0 spiro atoms. The van der Waals surface area contributed by atoms with Gasteiger partial charge in [0.1, 0.15) is 19.3 Å². The summed E-state index contributed by atoms with van der Waals surface area (Å²) in [6, 6.07) is -0.894. The van der Waals surface area contributed by atoms with Crippen LogP contribution in [0.2, 0.25) is 0 Å². The van der Waals surface area contributed by atoms with Crippen LogP contribution in [0.3, 0.4) is 0 Å². The number of rotatable bonds is 69. The minimum absolute atomic E-state index is 0.0235. The molecule has 0 saturated heterocycles. The molecule has 0 aromatic carbocycles. The molecule has 0 aromatic heterocycles. The van der Waals surface area contributed by atoms with Crippen molar-refractivity contribution < 1.29 is 37.3 Å². The average Bonchev–Trinajstić information content (AvgIpc) is 3.70. The number of hydrogen-bond donors (Lipinski definition) is 1. The van der Waals surface area contributed by atoms with Crippen LogP contribution in [0, 0.1) is 0 Å². The third-order valence-electron chi connectivity index (χ3n) is 17.0. The lowest BCUT2D eigenvalue weighted by Crippen LogP contribution is -2.47. The maximum absolute atomic E-state index is 13.6. The monoisotopic (exact) mass is 1240 g/mol. The van der Waals surface area contributed by atoms with E-state index < -0.39 is 20.0 Å². The fourth-order valence-corrected chi connectivity index (χ4v) is 11.9. The number of quaternary nitrogens is 1. The topological polar surface area (TPSA) is 114 Å². The maximum atomic E-state index is 13.6. The van der Waals surface area contributed by atoms with Gasteiger partial charge in [0, 0.05) is 12.8 Å². The van der Waals surface area contributed by atoms with Gasteiger partial charge in [0.25, 0.3) is 7.82 Å². The highest BCUT2D eigenvalue weighted by molar-refractivity contribution is 7.45. The fraction of sp³-hybridized carbons (Fsp3) is 0.844. The number of nitrogens with zero attached hydrogens (tertiary/aromatic N) is 1. The first kappa shape index (κ1) is 84.7. The van der Waals surface area contributed by atoms with Crippen molar-refractivity contribution >= 4 is 19.7 Å². The smallest absolute Gasteiger partial charge is 0.306 e. The Kier molecular flexibility index (Phi) is 64.9. The number of allylic oxidation sites excluding steroid dienone is 9. The van der Waals surface area contributed by atoms with Crippen LogP contribution in [0.4, 0.5) is 0 Å². The fourth-order valence-electron chi connectivity index (χ4n) is 11.2. The number of esters is 1. The lowest BCUT2D eigenvalue weighted by molar-refractivity contribution is -0.870. The standard InChI is InChI=1S/C77H145N2O7P/c1-7-10-13-16-19-22-25-28-30-32-34-36-38-39-41-42-44-46-48-51-54-57-60-63-66-69-76(80)78-74(73-85-87(82,83)84-72-71-79(4,5)6)75(68-65-62-59-56-53-50-27-24-21-18-15-12-9-3)86-77(81)70-67-64-61-58-55-52-49-47-45-43-40-37-35-33-31-29-26-23-20-17-14-11-8-2/h20,23,29,31,35,37,43,45,65,68,74-75H,7-19,21-22,24-28,30,32-34,36,38-42,44,46-64,66-67,69-73H2,1-6H3,(H-,78,80,82,83)/b23-20-,31-29-,37-35-,45-43-,68-65+. The SMILES string of the molecule is CCCCC/C=C\C/C=C\C/C=C\C/C=C\CCCCCCCCCC(=O)OC(/C=C/CCCCCCCCCCCCC)C(COP(=O)([O-])OCC[N+](C)(C)C)NC(=O)CCCCCCCCCCCCCCCCCCCCCCCCCCC. The first-order chi connectivity index (χ1) is 42.4. The molecular formula is C77H145N2O7P. The van der Waals surface area contributed by atoms with Gasteiger partial charge in [0.05, 0.1) is 33.8 Å². The first-order valence-corrected chi connectivity index (χ1v) is 39.1. The Balaban J connectivity index is 5.05. The highest BCUT2D eigenvalue weighted by Crippen LogP contribution is 2.38. The van der Waals surface area contributed by atoms with Crippen LogP contribution in [-0.2, 0) is 27.9 Å². The number of carbonyl (C=O) groups is 2. The van der Waals surface area contributed by atoms with Crippen molar-refractivity contribution in [1.29, 1.82) is 0 Å². The van der Waals surface area contributed by atoms with Gasteiger partial charge in [-0.25, -0.2) is 0 Å². The van der Waals surface area contributed by atoms with Crippen molar-refractivity contribution in [3.8, 4) is 0 Å². The summed E-state index contributed by atoms with van der Waals surface area (Å²) in [7, 11) is 1.19. The Morgan fingerprint density at radius 1 is 0.402 bits per heavy atom. The van der Waals surface area contributed by atoms with Gasteiger partial charge < -0.3 is 28.5 Å². The number of hydrogen-bond acceptors (Lipinski definition) is 7. The van der Waals surface area contributed by atoms with Crippen molar-refractivity contribution in [2.75, 3.05) is 40.9 Å². The molecule has 0 saturated carbocycles. The van der Waals surface area contributed by atoms with Gasteiger partial charge >= 0.3 is 5.97 Å². The third-order valence-corrected chi connectivity index (χ3v) is 17.9. The maximum Gasteiger partial charge on any atom is 0.306 e. The average molecular weight is 1240 g/mol. The molecule has 0 aliphatic heterocycles. The lowest BCUT2D eigenvalue weighted by atomic mass is 10.0. The largest absolute Gasteiger partial charge is 0.756 e. The second kappa shape index (κ2) is 66.6. The summed E-state index contributed by atoms with van der Waals surface area (Å²) in [5, 5.41) is 3.05. The number of likely N-dealkylation sites (N-methyl/N-ethyl adjacent to an activating group) is 1. The van der Waals surface area contributed by atoms with Crippen molar-refractivity contribution in [2.45, 2.75) is 380 Å². The highest BCUT2D eigenvalue weighted by atomic mass is 31.2. The minimum atomic E-state index is -4.71. The molecule has 0 heterocycles. The van der Waals surface area contributed by atoms with Crippen LogP contribution < -0.4 is 10.2 Å². The van der Waals surface area contributed by atoms with Gasteiger partial charge in [0.15, 0.2) is 0 Å². The normalized spacial score (nSPS) is 13.8. The van der Waals surface area contributed by atoms with Crippen LogP contribution in [0.5, 0.6) is 0 Å². The van der Waals surface area contributed by atoms with Gasteiger partial charge in [-0.05, 0) is 76.7 Å². The molecule has 0 aliphatic rings. The number of phosphoric acid groups is 1. The van der Waals surface area contributed by atoms with Crippen LogP contribution in [-0.4, -0.2) is 69.4 Å². The van der Waals surface area contributed by atoms with Gasteiger partial charge in [-0.15, -0.1) is 0 Å². The van der Waals surface area contributed by atoms with E-state index in [9.17, 15) is 19.0 Å². The lowest BCUT2D eigenvalue weighted by Gasteiger charge is -2.30. The van der Waals surface area contributed by atoms with Crippen molar-refractivity contribution in [3.63, 3.8) is 0 Å². The zero-order chi connectivity index (χ0) is 63.5. The summed E-state index contributed by atoms with van der Waals surface area (Å²) in [5.41, 5.74) is 0. The van der Waals surface area contributed by atoms with E-state index in [0.29, 0.717) is 17.4 Å². The zero-order valence-electron chi connectivity index (χ0n) is 58.5. The number of unbranched alkanes of at least 4 members (excludes halogenated alkanes) is 45. The molecule has 1 amide bonds. The molecule has 0 fully saturated rings. The van der Waals surface area contributed by atoms with Crippen LogP contribution in [0.15, 0.2) is 60.8 Å².